The number of carboxylic acid groups (broad SMARTS) is 1. The molecule has 2 aliphatic rings. The summed E-state index contributed by atoms with van der Waals surface area (Å²) in [6.45, 7) is 0. The Morgan fingerprint density at radius 2 is 2.00 bits per heavy atom. The molecule has 4 heteroatoms. The number of carbonyl (C=O) groups is 2. The van der Waals surface area contributed by atoms with Crippen LogP contribution in [0.15, 0.2) is 24.3 Å². The van der Waals surface area contributed by atoms with E-state index in [9.17, 15) is 9.59 Å². The van der Waals surface area contributed by atoms with E-state index in [1.54, 1.807) is 0 Å². The lowest BCUT2D eigenvalue weighted by molar-refractivity contribution is -0.149. The van der Waals surface area contributed by atoms with Gasteiger partial charge in [-0.25, -0.2) is 0 Å². The highest BCUT2D eigenvalue weighted by molar-refractivity contribution is 6.05. The van der Waals surface area contributed by atoms with Crippen molar-refractivity contribution in [3.05, 3.63) is 35.4 Å². The summed E-state index contributed by atoms with van der Waals surface area (Å²) >= 11 is 0. The maximum absolute atomic E-state index is 12.0. The number of amides is 1. The maximum Gasteiger partial charge on any atom is 0.319 e. The van der Waals surface area contributed by atoms with E-state index in [0.29, 0.717) is 12.8 Å². The van der Waals surface area contributed by atoms with Gasteiger partial charge in [0.15, 0.2) is 0 Å². The number of aliphatic carboxylic acids is 1. The van der Waals surface area contributed by atoms with E-state index in [1.807, 2.05) is 18.2 Å². The maximum atomic E-state index is 12.0. The molecule has 1 atom stereocenters. The summed E-state index contributed by atoms with van der Waals surface area (Å²) in [7, 11) is 0. The zero-order valence-electron chi connectivity index (χ0n) is 9.98. The highest BCUT2D eigenvalue weighted by Gasteiger charge is 2.57. The third kappa shape index (κ3) is 1.60. The topological polar surface area (TPSA) is 66.4 Å². The second-order valence-electron chi connectivity index (χ2n) is 5.15. The van der Waals surface area contributed by atoms with Crippen molar-refractivity contribution in [2.45, 2.75) is 31.7 Å². The first-order valence-corrected chi connectivity index (χ1v) is 6.26. The highest BCUT2D eigenvalue weighted by atomic mass is 16.4. The Bertz CT molecular complexity index is 520. The van der Waals surface area contributed by atoms with Gasteiger partial charge in [0.05, 0.1) is 6.04 Å². The van der Waals surface area contributed by atoms with Crippen LogP contribution in [0.2, 0.25) is 0 Å². The standard InChI is InChI=1S/C14H15NO3/c16-12(14(7-8-14)13(17)18)15-11-6-5-9-3-1-2-4-10(9)11/h1-4,11H,5-8H2,(H,15,16)(H,17,18). The van der Waals surface area contributed by atoms with Crippen LogP contribution in [0.4, 0.5) is 0 Å². The fourth-order valence-electron chi connectivity index (χ4n) is 2.67. The molecule has 0 radical (unpaired) electrons. The molecule has 0 heterocycles. The second kappa shape index (κ2) is 3.83. The van der Waals surface area contributed by atoms with Gasteiger partial charge in [-0.15, -0.1) is 0 Å². The molecule has 1 saturated carbocycles. The van der Waals surface area contributed by atoms with Crippen molar-refractivity contribution < 1.29 is 14.7 Å². The summed E-state index contributed by atoms with van der Waals surface area (Å²) in [5.41, 5.74) is 1.24. The van der Waals surface area contributed by atoms with Crippen molar-refractivity contribution in [1.82, 2.24) is 5.32 Å². The number of hydrogen-bond acceptors (Lipinski definition) is 2. The van der Waals surface area contributed by atoms with E-state index >= 15 is 0 Å². The van der Waals surface area contributed by atoms with Gasteiger partial charge in [0, 0.05) is 0 Å². The van der Waals surface area contributed by atoms with Crippen LogP contribution in [-0.4, -0.2) is 17.0 Å². The molecular weight excluding hydrogens is 230 g/mol. The Morgan fingerprint density at radius 3 is 2.67 bits per heavy atom. The van der Waals surface area contributed by atoms with Crippen LogP contribution in [0.5, 0.6) is 0 Å². The SMILES string of the molecule is O=C(O)C1(C(=O)NC2CCc3ccccc32)CC1. The van der Waals surface area contributed by atoms with E-state index in [1.165, 1.54) is 5.56 Å². The predicted octanol–water partition coefficient (Wildman–Crippen LogP) is 1.65. The van der Waals surface area contributed by atoms with Crippen molar-refractivity contribution in [3.8, 4) is 0 Å². The van der Waals surface area contributed by atoms with Crippen LogP contribution in [0.25, 0.3) is 0 Å². The first-order valence-electron chi connectivity index (χ1n) is 6.26. The molecule has 18 heavy (non-hydrogen) atoms. The van der Waals surface area contributed by atoms with Crippen molar-refractivity contribution in [3.63, 3.8) is 0 Å². The van der Waals surface area contributed by atoms with Gasteiger partial charge < -0.3 is 10.4 Å². The summed E-state index contributed by atoms with van der Waals surface area (Å²) in [5, 5.41) is 12.0. The minimum absolute atomic E-state index is 0.0227. The molecule has 0 bridgehead atoms. The monoisotopic (exact) mass is 245 g/mol. The van der Waals surface area contributed by atoms with Crippen LogP contribution in [0, 0.1) is 5.41 Å². The van der Waals surface area contributed by atoms with E-state index in [0.717, 1.165) is 18.4 Å². The van der Waals surface area contributed by atoms with Gasteiger partial charge in [0.1, 0.15) is 5.41 Å². The van der Waals surface area contributed by atoms with Crippen molar-refractivity contribution in [1.29, 1.82) is 0 Å². The van der Waals surface area contributed by atoms with Crippen LogP contribution in [0.1, 0.15) is 36.4 Å². The summed E-state index contributed by atoms with van der Waals surface area (Å²) in [4.78, 5) is 23.1. The van der Waals surface area contributed by atoms with Gasteiger partial charge in [0.2, 0.25) is 5.91 Å². The smallest absolute Gasteiger partial charge is 0.319 e. The molecule has 94 valence electrons. The third-order valence-corrected chi connectivity index (χ3v) is 4.03. The molecule has 0 saturated heterocycles. The Hall–Kier alpha value is -1.84. The van der Waals surface area contributed by atoms with Gasteiger partial charge in [-0.3, -0.25) is 9.59 Å². The Labute approximate surface area is 105 Å². The van der Waals surface area contributed by atoms with E-state index in [2.05, 4.69) is 11.4 Å². The van der Waals surface area contributed by atoms with Crippen molar-refractivity contribution in [2.24, 2.45) is 5.41 Å². The normalized spacial score (nSPS) is 23.2. The lowest BCUT2D eigenvalue weighted by atomic mass is 10.0. The van der Waals surface area contributed by atoms with Crippen LogP contribution >= 0.6 is 0 Å². The van der Waals surface area contributed by atoms with Gasteiger partial charge >= 0.3 is 5.97 Å². The van der Waals surface area contributed by atoms with E-state index < -0.39 is 11.4 Å². The average molecular weight is 245 g/mol. The molecule has 0 aliphatic heterocycles. The predicted molar refractivity (Wildman–Crippen MR) is 64.9 cm³/mol. The van der Waals surface area contributed by atoms with E-state index in [-0.39, 0.29) is 11.9 Å². The van der Waals surface area contributed by atoms with Crippen molar-refractivity contribution in [2.75, 3.05) is 0 Å². The molecule has 2 N–H and O–H groups in total. The molecule has 1 fully saturated rings. The van der Waals surface area contributed by atoms with Crippen LogP contribution in [0.3, 0.4) is 0 Å². The van der Waals surface area contributed by atoms with Gasteiger partial charge in [-0.1, -0.05) is 24.3 Å². The number of benzene rings is 1. The van der Waals surface area contributed by atoms with E-state index in [4.69, 9.17) is 5.11 Å². The van der Waals surface area contributed by atoms with Gasteiger partial charge in [0.25, 0.3) is 0 Å². The Morgan fingerprint density at radius 1 is 1.28 bits per heavy atom. The summed E-state index contributed by atoms with van der Waals surface area (Å²) in [6.07, 6.45) is 2.73. The average Bonchev–Trinajstić information content (AvgIpc) is 3.09. The van der Waals surface area contributed by atoms with Crippen molar-refractivity contribution >= 4 is 11.9 Å². The molecule has 4 nitrogen and oxygen atoms in total. The van der Waals surface area contributed by atoms with Crippen LogP contribution < -0.4 is 5.32 Å². The molecule has 1 amide bonds. The Balaban J connectivity index is 1.76. The fraction of sp³-hybridized carbons (Fsp3) is 0.429. The fourth-order valence-corrected chi connectivity index (χ4v) is 2.67. The van der Waals surface area contributed by atoms with Crippen LogP contribution in [-0.2, 0) is 16.0 Å². The number of rotatable bonds is 3. The molecule has 3 rings (SSSR count). The summed E-state index contributed by atoms with van der Waals surface area (Å²) in [5.74, 6) is -1.32. The molecular formula is C14H15NO3. The number of carboxylic acids is 1. The molecule has 2 aliphatic carbocycles. The summed E-state index contributed by atoms with van der Waals surface area (Å²) in [6, 6.07) is 7.99. The molecule has 1 aromatic rings. The van der Waals surface area contributed by atoms with Gasteiger partial charge in [-0.05, 0) is 36.8 Å². The molecule has 1 aromatic carbocycles. The largest absolute Gasteiger partial charge is 0.480 e. The second-order valence-corrected chi connectivity index (χ2v) is 5.15. The first-order chi connectivity index (χ1) is 8.63. The number of carbonyl (C=O) groups excluding carboxylic acids is 1. The lowest BCUT2D eigenvalue weighted by Gasteiger charge is -2.17. The molecule has 0 spiro atoms. The lowest BCUT2D eigenvalue weighted by Crippen LogP contribution is -2.38. The number of aryl methyl sites for hydroxylation is 1. The first kappa shape index (κ1) is 11.3. The zero-order chi connectivity index (χ0) is 12.8. The zero-order valence-corrected chi connectivity index (χ0v) is 9.98. The number of fused-ring (bicyclic) bond motifs is 1. The highest BCUT2D eigenvalue weighted by Crippen LogP contribution is 2.47. The minimum Gasteiger partial charge on any atom is -0.480 e. The molecule has 1 unspecified atom stereocenters. The number of nitrogens with one attached hydrogen (secondary N) is 1. The third-order valence-electron chi connectivity index (χ3n) is 4.03. The quantitative estimate of drug-likeness (QED) is 0.796. The Kier molecular flexibility index (Phi) is 2.40. The molecule has 0 aromatic heterocycles. The summed E-state index contributed by atoms with van der Waals surface area (Å²) < 4.78 is 0. The number of hydrogen-bond donors (Lipinski definition) is 2. The minimum atomic E-state index is -1.14. The van der Waals surface area contributed by atoms with Gasteiger partial charge in [-0.2, -0.15) is 0 Å².